The van der Waals surface area contributed by atoms with Crippen LogP contribution < -0.4 is 0 Å². The van der Waals surface area contributed by atoms with E-state index in [4.69, 9.17) is 9.47 Å². The molecule has 0 amide bonds. The van der Waals surface area contributed by atoms with Gasteiger partial charge in [-0.05, 0) is 23.7 Å². The average Bonchev–Trinajstić information content (AvgIpc) is 3.38. The van der Waals surface area contributed by atoms with Gasteiger partial charge in [-0.25, -0.2) is 8.78 Å². The van der Waals surface area contributed by atoms with Crippen LogP contribution >= 0.6 is 0 Å². The number of hydrogen-bond donors (Lipinski definition) is 0. The number of hydrogen-bond acceptors (Lipinski definition) is 6. The van der Waals surface area contributed by atoms with Crippen molar-refractivity contribution in [2.75, 3.05) is 6.61 Å². The summed E-state index contributed by atoms with van der Waals surface area (Å²) in [7, 11) is 0. The molecule has 224 valence electrons. The van der Waals surface area contributed by atoms with Gasteiger partial charge < -0.3 is 14.2 Å². The molecular formula is C25H32F8O6. The van der Waals surface area contributed by atoms with Crippen LogP contribution in [0.25, 0.3) is 0 Å². The highest BCUT2D eigenvalue weighted by molar-refractivity contribution is 5.86. The zero-order valence-electron chi connectivity index (χ0n) is 22.2. The van der Waals surface area contributed by atoms with Gasteiger partial charge in [-0.15, -0.1) is 0 Å². The second-order valence-corrected chi connectivity index (χ2v) is 12.9. The van der Waals surface area contributed by atoms with Gasteiger partial charge in [0.25, 0.3) is 0 Å². The van der Waals surface area contributed by atoms with Crippen LogP contribution in [0.4, 0.5) is 35.1 Å². The zero-order chi connectivity index (χ0) is 30.1. The summed E-state index contributed by atoms with van der Waals surface area (Å²) in [4.78, 5) is 38.5. The number of alkyl halides is 8. The molecule has 2 saturated carbocycles. The van der Waals surface area contributed by atoms with Crippen LogP contribution in [-0.2, 0) is 28.6 Å². The first-order chi connectivity index (χ1) is 17.4. The molecule has 6 nitrogen and oxygen atoms in total. The van der Waals surface area contributed by atoms with Gasteiger partial charge in [0, 0.05) is 11.8 Å². The third-order valence-electron chi connectivity index (χ3n) is 7.76. The van der Waals surface area contributed by atoms with E-state index in [0.29, 0.717) is 6.42 Å². The molecule has 3 fully saturated rings. The molecule has 0 aromatic rings. The van der Waals surface area contributed by atoms with E-state index in [1.165, 1.54) is 0 Å². The maximum absolute atomic E-state index is 13.9. The number of esters is 3. The van der Waals surface area contributed by atoms with Gasteiger partial charge in [-0.1, -0.05) is 41.5 Å². The van der Waals surface area contributed by atoms with Gasteiger partial charge in [0.05, 0.1) is 17.8 Å². The second-order valence-electron chi connectivity index (χ2n) is 12.9. The van der Waals surface area contributed by atoms with Gasteiger partial charge in [0.2, 0.25) is 0 Å². The molecule has 7 unspecified atom stereocenters. The lowest BCUT2D eigenvalue weighted by atomic mass is 9.72. The van der Waals surface area contributed by atoms with Crippen LogP contribution in [0.15, 0.2) is 0 Å². The highest BCUT2D eigenvalue weighted by Crippen LogP contribution is 2.59. The van der Waals surface area contributed by atoms with Crippen LogP contribution in [0.2, 0.25) is 0 Å². The Morgan fingerprint density at radius 1 is 0.974 bits per heavy atom. The molecule has 0 aromatic carbocycles. The predicted octanol–water partition coefficient (Wildman–Crippen LogP) is 5.52. The smallest absolute Gasteiger partial charge is 0.381 e. The molecule has 1 heterocycles. The topological polar surface area (TPSA) is 78.9 Å². The second kappa shape index (κ2) is 9.74. The summed E-state index contributed by atoms with van der Waals surface area (Å²) in [6.07, 6.45) is -6.67. The van der Waals surface area contributed by atoms with Crippen LogP contribution in [0.3, 0.4) is 0 Å². The van der Waals surface area contributed by atoms with Crippen molar-refractivity contribution < 1.29 is 63.7 Å². The summed E-state index contributed by atoms with van der Waals surface area (Å²) in [6, 6.07) is 0. The molecule has 3 aliphatic rings. The molecule has 2 bridgehead atoms. The summed E-state index contributed by atoms with van der Waals surface area (Å²) in [6.45, 7) is 8.59. The van der Waals surface area contributed by atoms with Crippen LogP contribution in [0.5, 0.6) is 0 Å². The quantitative estimate of drug-likeness (QED) is 0.203. The van der Waals surface area contributed by atoms with E-state index in [-0.39, 0.29) is 11.8 Å². The Kier molecular flexibility index (Phi) is 7.84. The molecule has 2 aliphatic carbocycles. The molecule has 14 heteroatoms. The number of rotatable bonds is 9. The van der Waals surface area contributed by atoms with Crippen molar-refractivity contribution in [3.8, 4) is 0 Å². The molecule has 3 rings (SSSR count). The fourth-order valence-electron chi connectivity index (χ4n) is 5.77. The van der Waals surface area contributed by atoms with Crippen molar-refractivity contribution in [1.82, 2.24) is 0 Å². The average molecular weight is 581 g/mol. The van der Waals surface area contributed by atoms with Crippen molar-refractivity contribution in [3.05, 3.63) is 0 Å². The first kappa shape index (κ1) is 31.4. The van der Waals surface area contributed by atoms with Crippen molar-refractivity contribution in [2.45, 2.75) is 90.8 Å². The third kappa shape index (κ3) is 5.45. The SMILES string of the molecule is CC(C)(C)CC(C(=O)OC1C2CC3C1OC(=O)C3C2C(=O)OCC(F)(F)C(F)(F)C(F)(F)C(F)F)C(C)(C)C. The highest BCUT2D eigenvalue weighted by Gasteiger charge is 2.76. The summed E-state index contributed by atoms with van der Waals surface area (Å²) >= 11 is 0. The Balaban J connectivity index is 1.79. The maximum Gasteiger partial charge on any atom is 0.381 e. The van der Waals surface area contributed by atoms with E-state index in [1.54, 1.807) is 0 Å². The van der Waals surface area contributed by atoms with Gasteiger partial charge >= 0.3 is 42.1 Å². The number of halogens is 8. The molecule has 7 atom stereocenters. The van der Waals surface area contributed by atoms with E-state index >= 15 is 0 Å². The monoisotopic (exact) mass is 580 g/mol. The summed E-state index contributed by atoms with van der Waals surface area (Å²) in [5.41, 5.74) is -0.830. The number of carbonyl (C=O) groups excluding carboxylic acids is 3. The molecule has 0 N–H and O–H groups in total. The lowest BCUT2D eigenvalue weighted by Crippen LogP contribution is -2.59. The predicted molar refractivity (Wildman–Crippen MR) is 117 cm³/mol. The van der Waals surface area contributed by atoms with Crippen LogP contribution in [0, 0.1) is 40.4 Å². The number of carbonyl (C=O) groups is 3. The summed E-state index contributed by atoms with van der Waals surface area (Å²) in [5.74, 6) is -27.0. The standard InChI is InChI=1S/C25H32F8O6/c1-21(2,3)8-12(22(4,5)6)17(34)38-15-10-7-11-14(19(36)39-16(11)15)13(10)18(35)37-9-23(28,29)25(32,33)24(30,31)20(26)27/h10-16,20H,7-9H2,1-6H3. The van der Waals surface area contributed by atoms with Crippen LogP contribution in [-0.4, -0.2) is 60.9 Å². The number of fused-ring (bicyclic) bond motifs is 1. The normalized spacial score (nSPS) is 30.0. The van der Waals surface area contributed by atoms with E-state index in [2.05, 4.69) is 4.74 Å². The lowest BCUT2D eigenvalue weighted by molar-refractivity contribution is -0.344. The minimum atomic E-state index is -6.55. The molecule has 1 aliphatic heterocycles. The highest BCUT2D eigenvalue weighted by atomic mass is 19.4. The third-order valence-corrected chi connectivity index (χ3v) is 7.76. The maximum atomic E-state index is 13.9. The first-order valence-electron chi connectivity index (χ1n) is 12.4. The van der Waals surface area contributed by atoms with Gasteiger partial charge in [-0.3, -0.25) is 14.4 Å². The Bertz CT molecular complexity index is 986. The first-order valence-corrected chi connectivity index (χ1v) is 12.4. The zero-order valence-corrected chi connectivity index (χ0v) is 22.2. The van der Waals surface area contributed by atoms with E-state index in [9.17, 15) is 49.5 Å². The molecular weight excluding hydrogens is 548 g/mol. The largest absolute Gasteiger partial charge is 0.459 e. The molecule has 0 radical (unpaired) electrons. The van der Waals surface area contributed by atoms with Gasteiger partial charge in [-0.2, -0.15) is 26.3 Å². The summed E-state index contributed by atoms with van der Waals surface area (Å²) < 4.78 is 121. The Morgan fingerprint density at radius 3 is 2.03 bits per heavy atom. The minimum absolute atomic E-state index is 0.0915. The van der Waals surface area contributed by atoms with Crippen molar-refractivity contribution in [2.24, 2.45) is 40.4 Å². The van der Waals surface area contributed by atoms with Crippen molar-refractivity contribution in [1.29, 1.82) is 0 Å². The molecule has 39 heavy (non-hydrogen) atoms. The molecule has 0 aromatic heterocycles. The van der Waals surface area contributed by atoms with Gasteiger partial charge in [0.15, 0.2) is 6.61 Å². The van der Waals surface area contributed by atoms with E-state index in [0.717, 1.165) is 0 Å². The van der Waals surface area contributed by atoms with Gasteiger partial charge in [0.1, 0.15) is 12.2 Å². The van der Waals surface area contributed by atoms with Crippen LogP contribution in [0.1, 0.15) is 54.4 Å². The van der Waals surface area contributed by atoms with E-state index in [1.807, 2.05) is 41.5 Å². The van der Waals surface area contributed by atoms with E-state index < -0.39 is 95.9 Å². The Morgan fingerprint density at radius 2 is 1.54 bits per heavy atom. The summed E-state index contributed by atoms with van der Waals surface area (Å²) in [5, 5.41) is 0. The molecule has 0 spiro atoms. The van der Waals surface area contributed by atoms with Crippen molar-refractivity contribution in [3.63, 3.8) is 0 Å². The molecule has 1 saturated heterocycles. The minimum Gasteiger partial charge on any atom is -0.459 e. The Hall–Kier alpha value is -2.15. The Labute approximate surface area is 220 Å². The van der Waals surface area contributed by atoms with Crippen molar-refractivity contribution >= 4 is 17.9 Å². The lowest BCUT2D eigenvalue weighted by Gasteiger charge is -2.37. The number of ether oxygens (including phenoxy) is 3. The fraction of sp³-hybridized carbons (Fsp3) is 0.880. The fourth-order valence-corrected chi connectivity index (χ4v) is 5.77.